The molecule has 17 aromatic carbocycles. The number of hydrogen-bond acceptors (Lipinski definition) is 2. The molecule has 1 spiro atoms. The van der Waals surface area contributed by atoms with Crippen LogP contribution < -0.4 is 9.80 Å². The lowest BCUT2D eigenvalue weighted by Crippen LogP contribution is -2.25. The molecule has 2 aliphatic rings. The molecule has 0 atom stereocenters. The van der Waals surface area contributed by atoms with Crippen molar-refractivity contribution in [2.45, 2.75) is 5.41 Å². The zero-order valence-corrected chi connectivity index (χ0v) is 58.5. The van der Waals surface area contributed by atoms with Gasteiger partial charge < -0.3 is 18.9 Å². The Hall–Kier alpha value is -14.1. The van der Waals surface area contributed by atoms with Gasteiger partial charge in [-0.15, -0.1) is 0 Å². The minimum Gasteiger partial charge on any atom is -0.310 e. The van der Waals surface area contributed by atoms with E-state index in [4.69, 9.17) is 0 Å². The maximum atomic E-state index is 2.53. The molecule has 0 amide bonds. The Labute approximate surface area is 622 Å². The van der Waals surface area contributed by atoms with Gasteiger partial charge in [-0.1, -0.05) is 279 Å². The molecule has 19 aromatic rings. The third kappa shape index (κ3) is 10.1. The number of para-hydroxylation sites is 4. The second-order valence-corrected chi connectivity index (χ2v) is 28.3. The van der Waals surface area contributed by atoms with Crippen molar-refractivity contribution in [1.82, 2.24) is 9.13 Å². The van der Waals surface area contributed by atoms with Gasteiger partial charge in [0.15, 0.2) is 0 Å². The molecule has 2 aromatic heterocycles. The van der Waals surface area contributed by atoms with Crippen molar-refractivity contribution in [2.75, 3.05) is 9.80 Å². The molecule has 0 bridgehead atoms. The van der Waals surface area contributed by atoms with Gasteiger partial charge in [-0.2, -0.15) is 0 Å². The summed E-state index contributed by atoms with van der Waals surface area (Å²) in [5.41, 5.74) is 34.4. The van der Waals surface area contributed by atoms with Gasteiger partial charge in [0, 0.05) is 67.0 Å². The van der Waals surface area contributed by atoms with E-state index >= 15 is 0 Å². The van der Waals surface area contributed by atoms with Gasteiger partial charge in [0.2, 0.25) is 0 Å². The van der Waals surface area contributed by atoms with Crippen LogP contribution in [0.15, 0.2) is 413 Å². The van der Waals surface area contributed by atoms with Gasteiger partial charge >= 0.3 is 0 Å². The normalized spacial score (nSPS) is 12.4. The number of nitrogens with zero attached hydrogens (tertiary/aromatic N) is 4. The van der Waals surface area contributed by atoms with E-state index in [-0.39, 0.29) is 0 Å². The third-order valence-electron chi connectivity index (χ3n) is 22.5. The largest absolute Gasteiger partial charge is 0.310 e. The standard InChI is InChI=1S/C103H68N4/c1-5-23-69(24-6-1)71-41-52-81(53-42-71)104(83-56-45-73(46-57-83)75-50-61-101-93(65-75)91-34-16-21-39-99(91)106(101)79-27-9-3-10-28-79)85-63-78(77-49-60-90-89-33-15-20-38-97(89)103(98(90)67-77)95-36-18-13-31-87(95)88-32-14-19-37-96(88)103)64-86(68-85)105(82-54-43-72(44-55-82)70-25-7-2-8-26-70)84-58-47-74(48-59-84)76-51-62-102-94(66-76)92-35-17-22-40-100(92)107(102)80-29-11-4-12-30-80/h1-68H. The minimum absolute atomic E-state index is 0.537. The maximum Gasteiger partial charge on any atom is 0.0725 e. The quantitative estimate of drug-likeness (QED) is 0.114. The summed E-state index contributed by atoms with van der Waals surface area (Å²) in [6, 6.07) is 153. The van der Waals surface area contributed by atoms with Crippen molar-refractivity contribution >= 4 is 77.7 Å². The van der Waals surface area contributed by atoms with E-state index in [0.717, 1.165) is 90.0 Å². The van der Waals surface area contributed by atoms with Crippen LogP contribution in [0.3, 0.4) is 0 Å². The fourth-order valence-corrected chi connectivity index (χ4v) is 17.7. The molecule has 0 saturated heterocycles. The fraction of sp³-hybridized carbons (Fsp3) is 0.00971. The lowest BCUT2D eigenvalue weighted by atomic mass is 9.70. The maximum absolute atomic E-state index is 2.53. The molecule has 0 saturated carbocycles. The predicted molar refractivity (Wildman–Crippen MR) is 448 cm³/mol. The predicted octanol–water partition coefficient (Wildman–Crippen LogP) is 27.5. The van der Waals surface area contributed by atoms with E-state index in [1.165, 1.54) is 99.2 Å². The number of anilines is 6. The first-order chi connectivity index (χ1) is 53.1. The van der Waals surface area contributed by atoms with Crippen LogP contribution >= 0.6 is 0 Å². The van der Waals surface area contributed by atoms with Crippen molar-refractivity contribution in [3.63, 3.8) is 0 Å². The van der Waals surface area contributed by atoms with Crippen LogP contribution in [0.2, 0.25) is 0 Å². The van der Waals surface area contributed by atoms with Crippen LogP contribution in [0.25, 0.3) is 133 Å². The Morgan fingerprint density at radius 3 is 0.860 bits per heavy atom. The molecule has 2 heterocycles. The van der Waals surface area contributed by atoms with Crippen LogP contribution in [0.4, 0.5) is 34.1 Å². The molecule has 4 heteroatoms. The topological polar surface area (TPSA) is 16.3 Å². The van der Waals surface area contributed by atoms with E-state index in [0.29, 0.717) is 0 Å². The Morgan fingerprint density at radius 2 is 0.458 bits per heavy atom. The Balaban J connectivity index is 0.769. The van der Waals surface area contributed by atoms with Crippen molar-refractivity contribution in [3.8, 4) is 89.3 Å². The Kier molecular flexibility index (Phi) is 14.5. The lowest BCUT2D eigenvalue weighted by Gasteiger charge is -2.31. The average Bonchev–Trinajstić information content (AvgIpc) is 1.51. The van der Waals surface area contributed by atoms with Gasteiger partial charge in [0.1, 0.15) is 0 Å². The highest BCUT2D eigenvalue weighted by Crippen LogP contribution is 2.63. The molecule has 2 aliphatic carbocycles. The third-order valence-corrected chi connectivity index (χ3v) is 22.5. The van der Waals surface area contributed by atoms with Crippen molar-refractivity contribution in [1.29, 1.82) is 0 Å². The summed E-state index contributed by atoms with van der Waals surface area (Å²) >= 11 is 0. The zero-order valence-electron chi connectivity index (χ0n) is 58.5. The van der Waals surface area contributed by atoms with Crippen LogP contribution in [0.5, 0.6) is 0 Å². The monoisotopic (exact) mass is 1360 g/mol. The van der Waals surface area contributed by atoms with E-state index in [1.807, 2.05) is 0 Å². The molecule has 0 unspecified atom stereocenters. The highest BCUT2D eigenvalue weighted by atomic mass is 15.2. The van der Waals surface area contributed by atoms with E-state index in [2.05, 4.69) is 431 Å². The van der Waals surface area contributed by atoms with Crippen LogP contribution in [0.1, 0.15) is 22.3 Å². The van der Waals surface area contributed by atoms with Crippen LogP contribution in [0, 0.1) is 0 Å². The fourth-order valence-electron chi connectivity index (χ4n) is 17.7. The first-order valence-corrected chi connectivity index (χ1v) is 36.9. The van der Waals surface area contributed by atoms with Gasteiger partial charge in [-0.3, -0.25) is 0 Å². The number of hydrogen-bond donors (Lipinski definition) is 0. The van der Waals surface area contributed by atoms with E-state index in [9.17, 15) is 0 Å². The molecule has 21 rings (SSSR count). The second kappa shape index (κ2) is 25.1. The van der Waals surface area contributed by atoms with E-state index < -0.39 is 5.41 Å². The summed E-state index contributed by atoms with van der Waals surface area (Å²) in [5.74, 6) is 0. The molecular weight excluding hydrogens is 1290 g/mol. The molecule has 107 heavy (non-hydrogen) atoms. The lowest BCUT2D eigenvalue weighted by molar-refractivity contribution is 0.794. The number of fused-ring (bicyclic) bond motifs is 16. The van der Waals surface area contributed by atoms with Gasteiger partial charge in [0.25, 0.3) is 0 Å². The molecule has 4 nitrogen and oxygen atoms in total. The smallest absolute Gasteiger partial charge is 0.0725 e. The Morgan fingerprint density at radius 1 is 0.168 bits per heavy atom. The van der Waals surface area contributed by atoms with Crippen LogP contribution in [-0.4, -0.2) is 9.13 Å². The van der Waals surface area contributed by atoms with Gasteiger partial charge in [-0.05, 0) is 234 Å². The van der Waals surface area contributed by atoms with Crippen LogP contribution in [-0.2, 0) is 5.41 Å². The summed E-state index contributed by atoms with van der Waals surface area (Å²) in [4.78, 5) is 4.92. The number of rotatable bonds is 13. The second-order valence-electron chi connectivity index (χ2n) is 28.3. The number of benzene rings is 17. The molecular formula is C103H68N4. The summed E-state index contributed by atoms with van der Waals surface area (Å²) in [6.45, 7) is 0. The average molecular weight is 1360 g/mol. The van der Waals surface area contributed by atoms with Crippen molar-refractivity contribution in [2.24, 2.45) is 0 Å². The molecule has 0 fully saturated rings. The minimum atomic E-state index is -0.537. The zero-order chi connectivity index (χ0) is 70.5. The Bertz CT molecular complexity index is 6270. The summed E-state index contributed by atoms with van der Waals surface area (Å²) in [6.07, 6.45) is 0. The molecule has 500 valence electrons. The highest BCUT2D eigenvalue weighted by molar-refractivity contribution is 6.12. The highest BCUT2D eigenvalue weighted by Gasteiger charge is 2.51. The van der Waals surface area contributed by atoms with Crippen molar-refractivity contribution < 1.29 is 0 Å². The molecule has 0 N–H and O–H groups in total. The SMILES string of the molecule is c1ccc(-c2ccc(N(c3ccc(-c4ccc5c(c4)c4ccccc4n5-c4ccccc4)cc3)c3cc(-c4ccc5c(c4)C4(c6ccccc6-c6ccccc64)c4ccccc4-5)cc(N(c4ccc(-c5ccccc5)cc4)c4ccc(-c5ccc6c(c5)c5ccccc5n6-c5ccccc5)cc4)c3)cc2)cc1. The summed E-state index contributed by atoms with van der Waals surface area (Å²) < 4.78 is 4.77. The van der Waals surface area contributed by atoms with Gasteiger partial charge in [0.05, 0.1) is 27.5 Å². The van der Waals surface area contributed by atoms with E-state index in [1.54, 1.807) is 0 Å². The summed E-state index contributed by atoms with van der Waals surface area (Å²) in [5, 5.41) is 4.89. The molecule has 0 aliphatic heterocycles. The molecule has 0 radical (unpaired) electrons. The first kappa shape index (κ1) is 61.6. The summed E-state index contributed by atoms with van der Waals surface area (Å²) in [7, 11) is 0. The number of aromatic nitrogens is 2. The van der Waals surface area contributed by atoms with Gasteiger partial charge in [-0.25, -0.2) is 0 Å². The first-order valence-electron chi connectivity index (χ1n) is 36.9. The van der Waals surface area contributed by atoms with Crippen molar-refractivity contribution in [3.05, 3.63) is 435 Å².